The molecular weight excluding hydrogens is 450 g/mol. The second-order valence-electron chi connectivity index (χ2n) is 9.11. The van der Waals surface area contributed by atoms with Gasteiger partial charge in [0.05, 0.1) is 22.8 Å². The lowest BCUT2D eigenvalue weighted by atomic mass is 9.85. The Morgan fingerprint density at radius 3 is 2.57 bits per heavy atom. The fourth-order valence-corrected chi connectivity index (χ4v) is 5.69. The molecule has 3 aliphatic rings. The molecule has 2 aromatic rings. The van der Waals surface area contributed by atoms with Crippen molar-refractivity contribution in [2.75, 3.05) is 25.2 Å². The van der Waals surface area contributed by atoms with Crippen LogP contribution in [-0.2, 0) is 14.3 Å². The van der Waals surface area contributed by atoms with Crippen LogP contribution in [0.5, 0.6) is 0 Å². The van der Waals surface area contributed by atoms with Gasteiger partial charge in [0.15, 0.2) is 5.78 Å². The lowest BCUT2D eigenvalue weighted by Crippen LogP contribution is -2.49. The van der Waals surface area contributed by atoms with Crippen molar-refractivity contribution < 1.29 is 24.0 Å². The maximum Gasteiger partial charge on any atom is 0.270 e. The summed E-state index contributed by atoms with van der Waals surface area (Å²) in [6.07, 6.45) is 2.47. The number of fused-ring (bicyclic) bond motifs is 5. The van der Waals surface area contributed by atoms with Crippen molar-refractivity contribution in [1.82, 2.24) is 4.90 Å². The Bertz CT molecular complexity index is 1270. The molecule has 0 N–H and O–H groups in total. The number of benzene rings is 2. The summed E-state index contributed by atoms with van der Waals surface area (Å²) in [5, 5.41) is 11.3. The highest BCUT2D eigenvalue weighted by Crippen LogP contribution is 2.50. The molecule has 0 radical (unpaired) electrons. The van der Waals surface area contributed by atoms with E-state index in [0.717, 1.165) is 16.8 Å². The van der Waals surface area contributed by atoms with Crippen LogP contribution in [-0.4, -0.2) is 59.8 Å². The van der Waals surface area contributed by atoms with Gasteiger partial charge < -0.3 is 9.64 Å². The van der Waals surface area contributed by atoms with E-state index < -0.39 is 34.6 Å². The second kappa shape index (κ2) is 8.74. The second-order valence-corrected chi connectivity index (χ2v) is 9.11. The van der Waals surface area contributed by atoms with Crippen molar-refractivity contribution >= 4 is 34.5 Å². The minimum atomic E-state index is -0.957. The van der Waals surface area contributed by atoms with Gasteiger partial charge in [-0.2, -0.15) is 0 Å². The molecule has 0 bridgehead atoms. The number of para-hydroxylation sites is 1. The van der Waals surface area contributed by atoms with Crippen LogP contribution < -0.4 is 4.90 Å². The number of hydrogen-bond donors (Lipinski definition) is 0. The molecule has 2 amide bonds. The predicted molar refractivity (Wildman–Crippen MR) is 128 cm³/mol. The van der Waals surface area contributed by atoms with Crippen LogP contribution in [0, 0.1) is 22.0 Å². The Morgan fingerprint density at radius 2 is 1.83 bits per heavy atom. The minimum absolute atomic E-state index is 0.144. The van der Waals surface area contributed by atoms with Gasteiger partial charge >= 0.3 is 0 Å². The normalized spacial score (nSPS) is 24.7. The zero-order chi connectivity index (χ0) is 24.9. The number of Topliss-reactive ketones (excluding diaryl/α,β-unsaturated/α-hetero) is 1. The molecule has 3 aliphatic heterocycles. The maximum atomic E-state index is 13.9. The van der Waals surface area contributed by atoms with Gasteiger partial charge in [-0.05, 0) is 25.0 Å². The lowest BCUT2D eigenvalue weighted by Gasteiger charge is -2.38. The van der Waals surface area contributed by atoms with E-state index in [9.17, 15) is 24.5 Å². The summed E-state index contributed by atoms with van der Waals surface area (Å²) >= 11 is 0. The number of allylic oxidation sites excluding steroid dienone is 1. The van der Waals surface area contributed by atoms with Crippen molar-refractivity contribution in [2.45, 2.75) is 25.4 Å². The summed E-state index contributed by atoms with van der Waals surface area (Å²) in [7, 11) is 1.56. The van der Waals surface area contributed by atoms with Crippen LogP contribution in [0.15, 0.2) is 54.6 Å². The number of nitro benzene ring substituents is 1. The molecule has 2 fully saturated rings. The Hall–Kier alpha value is -3.85. The number of carbonyl (C=O) groups excluding carboxylic acids is 3. The van der Waals surface area contributed by atoms with E-state index in [4.69, 9.17) is 4.74 Å². The van der Waals surface area contributed by atoms with Gasteiger partial charge in [-0.15, -0.1) is 0 Å². The van der Waals surface area contributed by atoms with Crippen LogP contribution in [0.25, 0.3) is 5.57 Å². The molecule has 0 aromatic heterocycles. The number of ether oxygens (including phenoxy) is 1. The third-order valence-electron chi connectivity index (χ3n) is 7.19. The van der Waals surface area contributed by atoms with E-state index in [1.807, 2.05) is 42.2 Å². The summed E-state index contributed by atoms with van der Waals surface area (Å²) in [4.78, 5) is 55.0. The number of hydrogen-bond acceptors (Lipinski definition) is 7. The van der Waals surface area contributed by atoms with E-state index in [1.165, 1.54) is 29.2 Å². The van der Waals surface area contributed by atoms with Crippen LogP contribution >= 0.6 is 0 Å². The van der Waals surface area contributed by atoms with Gasteiger partial charge in [0.25, 0.3) is 5.69 Å². The first-order valence-corrected chi connectivity index (χ1v) is 11.5. The van der Waals surface area contributed by atoms with Crippen molar-refractivity contribution in [3.63, 3.8) is 0 Å². The Balaban J connectivity index is 1.62. The standard InChI is InChI=1S/C26H25N3O6/c1-15-13-20-21-22(26(32)27(25(21)31)11-6-12-35-2)23(28(20)19-10-4-3-9-18(15)19)24(30)16-7-5-8-17(14-16)29(33)34/h3-5,7-10,13-14,20-23H,6,11-12H2,1-2H3/t20-,21+,22-,23+/m0/s1. The van der Waals surface area contributed by atoms with Gasteiger partial charge in [0, 0.05) is 49.2 Å². The molecule has 9 heteroatoms. The number of non-ortho nitro benzene ring substituents is 1. The number of amides is 2. The molecule has 4 atom stereocenters. The minimum Gasteiger partial charge on any atom is -0.385 e. The molecule has 0 aliphatic carbocycles. The van der Waals surface area contributed by atoms with E-state index in [0.29, 0.717) is 13.0 Å². The van der Waals surface area contributed by atoms with E-state index in [-0.39, 0.29) is 29.6 Å². The number of nitrogens with zero attached hydrogens (tertiary/aromatic N) is 3. The van der Waals surface area contributed by atoms with Gasteiger partial charge in [-0.25, -0.2) is 0 Å². The number of imide groups is 1. The molecule has 180 valence electrons. The first-order valence-electron chi connectivity index (χ1n) is 11.5. The number of rotatable bonds is 7. The molecular formula is C26H25N3O6. The SMILES string of the molecule is COCCCN1C(=O)[C@H]2[C@H](C1=O)[C@H](C(=O)c1cccc([N+](=O)[O-])c1)N1c3ccccc3C(C)=C[C@@H]21. The smallest absolute Gasteiger partial charge is 0.270 e. The van der Waals surface area contributed by atoms with Crippen LogP contribution in [0.2, 0.25) is 0 Å². The largest absolute Gasteiger partial charge is 0.385 e. The van der Waals surface area contributed by atoms with Gasteiger partial charge in [0.1, 0.15) is 6.04 Å². The summed E-state index contributed by atoms with van der Waals surface area (Å²) in [6, 6.07) is 11.7. The highest BCUT2D eigenvalue weighted by atomic mass is 16.6. The number of ketones is 1. The summed E-state index contributed by atoms with van der Waals surface area (Å²) in [6.45, 7) is 2.59. The van der Waals surface area contributed by atoms with Gasteiger partial charge in [0.2, 0.25) is 11.8 Å². The zero-order valence-electron chi connectivity index (χ0n) is 19.4. The van der Waals surface area contributed by atoms with Crippen molar-refractivity contribution in [1.29, 1.82) is 0 Å². The third-order valence-corrected chi connectivity index (χ3v) is 7.19. The van der Waals surface area contributed by atoms with Crippen molar-refractivity contribution in [2.24, 2.45) is 11.8 Å². The molecule has 9 nitrogen and oxygen atoms in total. The van der Waals surface area contributed by atoms with Gasteiger partial charge in [-0.1, -0.05) is 36.4 Å². The van der Waals surface area contributed by atoms with E-state index in [1.54, 1.807) is 7.11 Å². The molecule has 0 spiro atoms. The van der Waals surface area contributed by atoms with Gasteiger partial charge in [-0.3, -0.25) is 29.4 Å². The predicted octanol–water partition coefficient (Wildman–Crippen LogP) is 3.09. The Kier molecular flexibility index (Phi) is 5.72. The van der Waals surface area contributed by atoms with Crippen molar-refractivity contribution in [3.05, 3.63) is 75.8 Å². The highest BCUT2D eigenvalue weighted by molar-refractivity contribution is 6.14. The number of anilines is 1. The fraction of sp³-hybridized carbons (Fsp3) is 0.346. The lowest BCUT2D eigenvalue weighted by molar-refractivity contribution is -0.384. The van der Waals surface area contributed by atoms with Crippen LogP contribution in [0.4, 0.5) is 11.4 Å². The van der Waals surface area contributed by atoms with Crippen molar-refractivity contribution in [3.8, 4) is 0 Å². The first kappa shape index (κ1) is 22.9. The van der Waals surface area contributed by atoms with Crippen LogP contribution in [0.3, 0.4) is 0 Å². The Labute approximate surface area is 202 Å². The topological polar surface area (TPSA) is 110 Å². The molecule has 35 heavy (non-hydrogen) atoms. The number of methoxy groups -OCH3 is 1. The molecule has 2 saturated heterocycles. The van der Waals surface area contributed by atoms with E-state index in [2.05, 4.69) is 0 Å². The highest BCUT2D eigenvalue weighted by Gasteiger charge is 2.64. The first-order chi connectivity index (χ1) is 16.8. The number of nitro groups is 1. The number of carbonyl (C=O) groups is 3. The number of likely N-dealkylation sites (tertiary alicyclic amines) is 1. The molecule has 3 heterocycles. The summed E-state index contributed by atoms with van der Waals surface area (Å²) in [5.41, 5.74) is 2.62. The fourth-order valence-electron chi connectivity index (χ4n) is 5.69. The average Bonchev–Trinajstić information content (AvgIpc) is 3.32. The molecule has 0 saturated carbocycles. The summed E-state index contributed by atoms with van der Waals surface area (Å²) < 4.78 is 5.08. The quantitative estimate of drug-likeness (QED) is 0.199. The van der Waals surface area contributed by atoms with E-state index >= 15 is 0 Å². The third kappa shape index (κ3) is 3.54. The average molecular weight is 476 g/mol. The summed E-state index contributed by atoms with van der Waals surface area (Å²) in [5.74, 6) is -2.66. The molecule has 2 aromatic carbocycles. The van der Waals surface area contributed by atoms with Crippen LogP contribution in [0.1, 0.15) is 29.3 Å². The Morgan fingerprint density at radius 1 is 1.09 bits per heavy atom. The zero-order valence-corrected chi connectivity index (χ0v) is 19.4. The maximum absolute atomic E-state index is 13.9. The monoisotopic (exact) mass is 475 g/mol. The molecule has 5 rings (SSSR count). The molecule has 0 unspecified atom stereocenters.